The number of ether oxygens (including phenoxy) is 1. The first-order valence-corrected chi connectivity index (χ1v) is 10.2. The lowest BCUT2D eigenvalue weighted by Crippen LogP contribution is -2.37. The molecule has 0 radical (unpaired) electrons. The molecular weight excluding hydrogens is 452 g/mol. The standard InChI is InChI=1S/C20H21ClN8O4/c21-14-1-3-15(4-2-14)23-18-24-19(26-20(25-18)28-7-9-33-10-8-28)27-22-12-13-11-16(29(31)32)5-6-17(13)30/h1-6,11-12,30-32H,7-10H2,(H2,23,24,25,26,27)/p-1. The van der Waals surface area contributed by atoms with Crippen molar-refractivity contribution < 1.29 is 20.3 Å². The van der Waals surface area contributed by atoms with Gasteiger partial charge in [-0.1, -0.05) is 23.4 Å². The molecule has 2 aromatic carbocycles. The van der Waals surface area contributed by atoms with Crippen LogP contribution in [0.25, 0.3) is 0 Å². The van der Waals surface area contributed by atoms with Crippen LogP contribution >= 0.6 is 11.6 Å². The Morgan fingerprint density at radius 3 is 2.52 bits per heavy atom. The molecule has 12 nitrogen and oxygen atoms in total. The second kappa shape index (κ2) is 10.3. The van der Waals surface area contributed by atoms with Gasteiger partial charge in [0.25, 0.3) is 0 Å². The van der Waals surface area contributed by atoms with Gasteiger partial charge in [-0.3, -0.25) is 10.4 Å². The van der Waals surface area contributed by atoms with Gasteiger partial charge < -0.3 is 20.1 Å². The summed E-state index contributed by atoms with van der Waals surface area (Å²) in [5, 5.41) is 37.9. The fourth-order valence-electron chi connectivity index (χ4n) is 2.96. The number of hydrogen-bond donors (Lipinski definition) is 4. The van der Waals surface area contributed by atoms with Gasteiger partial charge in [0.1, 0.15) is 0 Å². The molecule has 1 saturated heterocycles. The van der Waals surface area contributed by atoms with Crippen LogP contribution in [0.1, 0.15) is 5.56 Å². The molecule has 0 spiro atoms. The van der Waals surface area contributed by atoms with Gasteiger partial charge in [-0.05, 0) is 42.0 Å². The fraction of sp³-hybridized carbons (Fsp3) is 0.200. The Hall–Kier alpha value is -3.71. The summed E-state index contributed by atoms with van der Waals surface area (Å²) in [6, 6.07) is 10.8. The van der Waals surface area contributed by atoms with E-state index in [9.17, 15) is 5.11 Å². The SMILES string of the molecule is [O-]c1ccc(N(O)O)cc1C=NNc1nc(Nc2ccc(Cl)cc2)nc(N2CCOCC2)n1. The summed E-state index contributed by atoms with van der Waals surface area (Å²) >= 11 is 5.95. The van der Waals surface area contributed by atoms with Gasteiger partial charge in [0.2, 0.25) is 17.8 Å². The lowest BCUT2D eigenvalue weighted by molar-refractivity contribution is -0.268. The quantitative estimate of drug-likeness (QED) is 0.296. The molecule has 0 atom stereocenters. The van der Waals surface area contributed by atoms with Crippen LogP contribution in [0, 0.1) is 0 Å². The maximum absolute atomic E-state index is 12.0. The van der Waals surface area contributed by atoms with Gasteiger partial charge >= 0.3 is 0 Å². The Kier molecular flexibility index (Phi) is 7.00. The third-order valence-electron chi connectivity index (χ3n) is 4.61. The molecule has 0 unspecified atom stereocenters. The fourth-order valence-corrected chi connectivity index (χ4v) is 3.08. The van der Waals surface area contributed by atoms with Crippen LogP contribution in [-0.2, 0) is 4.74 Å². The molecule has 0 saturated carbocycles. The van der Waals surface area contributed by atoms with E-state index in [4.69, 9.17) is 26.8 Å². The Labute approximate surface area is 193 Å². The Morgan fingerprint density at radius 1 is 1.06 bits per heavy atom. The van der Waals surface area contributed by atoms with Gasteiger partial charge in [-0.15, -0.1) is 5.23 Å². The van der Waals surface area contributed by atoms with Crippen molar-refractivity contribution in [2.45, 2.75) is 0 Å². The minimum Gasteiger partial charge on any atom is -0.872 e. The Bertz CT molecular complexity index is 1120. The van der Waals surface area contributed by atoms with E-state index in [2.05, 4.69) is 30.8 Å². The number of nitrogens with zero attached hydrogens (tertiary/aromatic N) is 6. The third kappa shape index (κ3) is 5.96. The summed E-state index contributed by atoms with van der Waals surface area (Å²) in [6.07, 6.45) is 1.24. The summed E-state index contributed by atoms with van der Waals surface area (Å²) in [6.45, 7) is 2.36. The van der Waals surface area contributed by atoms with E-state index >= 15 is 0 Å². The van der Waals surface area contributed by atoms with Crippen molar-refractivity contribution >= 4 is 47.0 Å². The molecule has 0 aliphatic carbocycles. The Balaban J connectivity index is 1.57. The van der Waals surface area contributed by atoms with Crippen LogP contribution in [0.5, 0.6) is 5.75 Å². The van der Waals surface area contributed by atoms with Crippen LogP contribution in [0.15, 0.2) is 47.6 Å². The molecular formula is C20H20ClN8O4-. The third-order valence-corrected chi connectivity index (χ3v) is 4.86. The lowest BCUT2D eigenvalue weighted by atomic mass is 10.2. The first-order valence-electron chi connectivity index (χ1n) is 9.87. The molecule has 0 bridgehead atoms. The monoisotopic (exact) mass is 471 g/mol. The number of rotatable bonds is 7. The van der Waals surface area contributed by atoms with Crippen LogP contribution in [0.2, 0.25) is 5.02 Å². The molecule has 1 fully saturated rings. The number of nitrogens with one attached hydrogen (secondary N) is 2. The first-order chi connectivity index (χ1) is 16.0. The molecule has 13 heteroatoms. The Morgan fingerprint density at radius 2 is 1.79 bits per heavy atom. The van der Waals surface area contributed by atoms with E-state index in [0.717, 1.165) is 5.69 Å². The number of hydrogen-bond acceptors (Lipinski definition) is 12. The highest BCUT2D eigenvalue weighted by molar-refractivity contribution is 6.30. The molecule has 0 amide bonds. The van der Waals surface area contributed by atoms with Crippen molar-refractivity contribution in [1.29, 1.82) is 0 Å². The van der Waals surface area contributed by atoms with E-state index in [1.54, 1.807) is 24.3 Å². The molecule has 4 N–H and O–H groups in total. The maximum Gasteiger partial charge on any atom is 0.250 e. The zero-order valence-electron chi connectivity index (χ0n) is 17.2. The molecule has 3 aromatic rings. The van der Waals surface area contributed by atoms with Crippen molar-refractivity contribution in [2.24, 2.45) is 5.10 Å². The van der Waals surface area contributed by atoms with Gasteiger partial charge in [0.15, 0.2) is 0 Å². The first kappa shape index (κ1) is 22.5. The van der Waals surface area contributed by atoms with Crippen molar-refractivity contribution in [1.82, 2.24) is 15.0 Å². The summed E-state index contributed by atoms with van der Waals surface area (Å²) in [5.41, 5.74) is 3.58. The maximum atomic E-state index is 12.0. The normalized spacial score (nSPS) is 13.8. The molecule has 172 valence electrons. The summed E-state index contributed by atoms with van der Waals surface area (Å²) in [4.78, 5) is 15.2. The van der Waals surface area contributed by atoms with Crippen molar-refractivity contribution in [2.75, 3.05) is 47.2 Å². The van der Waals surface area contributed by atoms with E-state index in [-0.39, 0.29) is 34.1 Å². The van der Waals surface area contributed by atoms with E-state index in [0.29, 0.717) is 37.3 Å². The van der Waals surface area contributed by atoms with E-state index < -0.39 is 0 Å². The number of halogens is 1. The van der Waals surface area contributed by atoms with Gasteiger partial charge in [-0.25, -0.2) is 5.43 Å². The van der Waals surface area contributed by atoms with Crippen LogP contribution in [0.4, 0.5) is 29.2 Å². The lowest BCUT2D eigenvalue weighted by Gasteiger charge is -2.27. The van der Waals surface area contributed by atoms with E-state index in [1.165, 1.54) is 24.4 Å². The van der Waals surface area contributed by atoms with Crippen molar-refractivity contribution in [3.05, 3.63) is 53.1 Å². The highest BCUT2D eigenvalue weighted by atomic mass is 35.5. The minimum atomic E-state index is -0.346. The molecule has 1 aromatic heterocycles. The highest BCUT2D eigenvalue weighted by Gasteiger charge is 2.16. The smallest absolute Gasteiger partial charge is 0.250 e. The number of morpholine rings is 1. The predicted molar refractivity (Wildman–Crippen MR) is 121 cm³/mol. The summed E-state index contributed by atoms with van der Waals surface area (Å²) < 4.78 is 5.39. The number of hydrazone groups is 1. The topological polar surface area (TPSA) is 154 Å². The average molecular weight is 472 g/mol. The predicted octanol–water partition coefficient (Wildman–Crippen LogP) is 2.21. The minimum absolute atomic E-state index is 0.0141. The molecule has 2 heterocycles. The van der Waals surface area contributed by atoms with Crippen LogP contribution < -0.4 is 26.0 Å². The average Bonchev–Trinajstić information content (AvgIpc) is 2.82. The second-order valence-electron chi connectivity index (χ2n) is 6.90. The van der Waals surface area contributed by atoms with Crippen LogP contribution in [0.3, 0.4) is 0 Å². The molecule has 33 heavy (non-hydrogen) atoms. The molecule has 4 rings (SSSR count). The van der Waals surface area contributed by atoms with Gasteiger partial charge in [0, 0.05) is 23.8 Å². The zero-order chi connectivity index (χ0) is 23.2. The number of aromatic nitrogens is 3. The van der Waals surface area contributed by atoms with E-state index in [1.807, 2.05) is 4.90 Å². The number of benzene rings is 2. The largest absolute Gasteiger partial charge is 0.872 e. The number of anilines is 5. The summed E-state index contributed by atoms with van der Waals surface area (Å²) in [5.74, 6) is 0.522. The molecule has 1 aliphatic rings. The zero-order valence-corrected chi connectivity index (χ0v) is 18.0. The van der Waals surface area contributed by atoms with Crippen molar-refractivity contribution in [3.63, 3.8) is 0 Å². The van der Waals surface area contributed by atoms with Crippen molar-refractivity contribution in [3.8, 4) is 5.75 Å². The summed E-state index contributed by atoms with van der Waals surface area (Å²) in [7, 11) is 0. The molecule has 1 aliphatic heterocycles. The van der Waals surface area contributed by atoms with Gasteiger partial charge in [-0.2, -0.15) is 20.1 Å². The highest BCUT2D eigenvalue weighted by Crippen LogP contribution is 2.21. The second-order valence-corrected chi connectivity index (χ2v) is 7.33. The van der Waals surface area contributed by atoms with Gasteiger partial charge in [0.05, 0.1) is 25.1 Å². The van der Waals surface area contributed by atoms with Crippen LogP contribution in [-0.4, -0.2) is 57.9 Å².